The Balaban J connectivity index is 1.87. The monoisotopic (exact) mass is 286 g/mol. The van der Waals surface area contributed by atoms with Crippen molar-refractivity contribution < 1.29 is 9.18 Å². The van der Waals surface area contributed by atoms with E-state index >= 15 is 0 Å². The second-order valence-corrected chi connectivity index (χ2v) is 5.11. The van der Waals surface area contributed by atoms with Crippen molar-refractivity contribution in [1.29, 1.82) is 0 Å². The van der Waals surface area contributed by atoms with E-state index in [1.807, 2.05) is 0 Å². The predicted molar refractivity (Wildman–Crippen MR) is 78.1 cm³/mol. The summed E-state index contributed by atoms with van der Waals surface area (Å²) in [4.78, 5) is 27.3. The van der Waals surface area contributed by atoms with Crippen molar-refractivity contribution in [3.8, 4) is 0 Å². The van der Waals surface area contributed by atoms with Crippen LogP contribution in [0.25, 0.3) is 0 Å². The summed E-state index contributed by atoms with van der Waals surface area (Å²) in [5, 5.41) is 2.89. The maximum atomic E-state index is 13.5. The Morgan fingerprint density at radius 1 is 1.19 bits per heavy atom. The summed E-state index contributed by atoms with van der Waals surface area (Å²) < 4.78 is 13.5. The zero-order chi connectivity index (χ0) is 14.8. The van der Waals surface area contributed by atoms with Gasteiger partial charge in [0.2, 0.25) is 0 Å². The van der Waals surface area contributed by atoms with Crippen molar-refractivity contribution in [3.05, 3.63) is 63.3 Å². The molecule has 0 unspecified atom stereocenters. The molecule has 1 aromatic heterocycles. The third-order valence-electron chi connectivity index (χ3n) is 3.69. The fraction of sp³-hybridized carbons (Fsp3) is 0.250. The van der Waals surface area contributed by atoms with Crippen LogP contribution < -0.4 is 10.7 Å². The summed E-state index contributed by atoms with van der Waals surface area (Å²) in [7, 11) is 0. The Kier molecular flexibility index (Phi) is 3.56. The van der Waals surface area contributed by atoms with Crippen LogP contribution in [-0.2, 0) is 13.0 Å². The molecule has 0 radical (unpaired) electrons. The van der Waals surface area contributed by atoms with E-state index in [-0.39, 0.29) is 29.1 Å². The van der Waals surface area contributed by atoms with Crippen LogP contribution in [0.1, 0.15) is 34.5 Å². The Morgan fingerprint density at radius 2 is 2.00 bits per heavy atom. The molecule has 108 valence electrons. The number of pyridine rings is 1. The highest BCUT2D eigenvalue weighted by Crippen LogP contribution is 2.17. The minimum Gasteiger partial charge on any atom is -0.378 e. The fourth-order valence-electron chi connectivity index (χ4n) is 2.58. The molecule has 0 atom stereocenters. The highest BCUT2D eigenvalue weighted by Gasteiger charge is 2.22. The average Bonchev–Trinajstić information content (AvgIpc) is 2.48. The second-order valence-electron chi connectivity index (χ2n) is 5.11. The van der Waals surface area contributed by atoms with Gasteiger partial charge in [-0.05, 0) is 25.0 Å². The van der Waals surface area contributed by atoms with Gasteiger partial charge < -0.3 is 10.3 Å². The molecule has 1 heterocycles. The summed E-state index contributed by atoms with van der Waals surface area (Å²) in [6, 6.07) is 6.27. The van der Waals surface area contributed by atoms with Crippen LogP contribution in [0.15, 0.2) is 35.3 Å². The lowest BCUT2D eigenvalue weighted by Gasteiger charge is -2.15. The first-order valence-electron chi connectivity index (χ1n) is 6.92. The number of carbonyl (C=O) groups excluding carboxylic acids is 1. The number of halogens is 1. The lowest BCUT2D eigenvalue weighted by atomic mass is 9.93. The maximum Gasteiger partial charge on any atom is 0.197 e. The van der Waals surface area contributed by atoms with Gasteiger partial charge in [0.1, 0.15) is 5.82 Å². The standard InChI is InChI=1S/C16H15FN2O2/c17-11-4-1-2-5-12(11)18-8-10-9-19-13-6-3-7-14(20)15(13)16(10)21/h1-2,4-5,9,18H,3,6-8H2,(H,19,21). The first kappa shape index (κ1) is 13.5. The molecule has 1 aromatic carbocycles. The van der Waals surface area contributed by atoms with Crippen LogP contribution in [-0.4, -0.2) is 10.8 Å². The first-order valence-corrected chi connectivity index (χ1v) is 6.92. The normalized spacial score (nSPS) is 13.9. The number of fused-ring (bicyclic) bond motifs is 1. The molecule has 0 bridgehead atoms. The smallest absolute Gasteiger partial charge is 0.197 e. The summed E-state index contributed by atoms with van der Waals surface area (Å²) in [6.45, 7) is 0.177. The van der Waals surface area contributed by atoms with E-state index in [1.54, 1.807) is 24.4 Å². The Morgan fingerprint density at radius 3 is 2.81 bits per heavy atom. The number of anilines is 1. The van der Waals surface area contributed by atoms with E-state index in [0.717, 1.165) is 12.8 Å². The van der Waals surface area contributed by atoms with Crippen molar-refractivity contribution in [2.24, 2.45) is 0 Å². The Hall–Kier alpha value is -2.43. The molecule has 5 heteroatoms. The van der Waals surface area contributed by atoms with Crippen molar-refractivity contribution in [1.82, 2.24) is 4.98 Å². The summed E-state index contributed by atoms with van der Waals surface area (Å²) in [5.41, 5.74) is 1.51. The summed E-state index contributed by atoms with van der Waals surface area (Å²) in [5.74, 6) is -0.479. The van der Waals surface area contributed by atoms with Gasteiger partial charge in [-0.1, -0.05) is 12.1 Å². The van der Waals surface area contributed by atoms with Crippen LogP contribution in [0.4, 0.5) is 10.1 Å². The van der Waals surface area contributed by atoms with E-state index < -0.39 is 0 Å². The number of para-hydroxylation sites is 1. The van der Waals surface area contributed by atoms with Gasteiger partial charge in [0.15, 0.2) is 11.2 Å². The number of hydrogen-bond acceptors (Lipinski definition) is 3. The molecule has 1 aliphatic rings. The van der Waals surface area contributed by atoms with Gasteiger partial charge in [-0.3, -0.25) is 9.59 Å². The zero-order valence-corrected chi connectivity index (χ0v) is 11.4. The second kappa shape index (κ2) is 5.52. The number of rotatable bonds is 3. The van der Waals surface area contributed by atoms with Crippen LogP contribution in [0, 0.1) is 5.82 Å². The van der Waals surface area contributed by atoms with Gasteiger partial charge in [0.05, 0.1) is 11.3 Å². The van der Waals surface area contributed by atoms with Crippen molar-refractivity contribution in [3.63, 3.8) is 0 Å². The maximum absolute atomic E-state index is 13.5. The average molecular weight is 286 g/mol. The largest absolute Gasteiger partial charge is 0.378 e. The lowest BCUT2D eigenvalue weighted by Crippen LogP contribution is -2.26. The van der Waals surface area contributed by atoms with Crippen LogP contribution >= 0.6 is 0 Å². The molecule has 1 aliphatic carbocycles. The minimum absolute atomic E-state index is 0.106. The molecule has 3 rings (SSSR count). The van der Waals surface area contributed by atoms with Crippen LogP contribution in [0.2, 0.25) is 0 Å². The number of nitrogens with one attached hydrogen (secondary N) is 2. The number of aromatic nitrogens is 1. The number of aromatic amines is 1. The van der Waals surface area contributed by atoms with E-state index in [4.69, 9.17) is 0 Å². The van der Waals surface area contributed by atoms with E-state index in [9.17, 15) is 14.0 Å². The topological polar surface area (TPSA) is 62.0 Å². The number of Topliss-reactive ketones (excluding diaryl/α,β-unsaturated/α-hetero) is 1. The number of aryl methyl sites for hydroxylation is 1. The van der Waals surface area contributed by atoms with E-state index in [1.165, 1.54) is 6.07 Å². The molecule has 2 aromatic rings. The zero-order valence-electron chi connectivity index (χ0n) is 11.4. The highest BCUT2D eigenvalue weighted by atomic mass is 19.1. The highest BCUT2D eigenvalue weighted by molar-refractivity contribution is 5.98. The SMILES string of the molecule is O=C1CCCc2[nH]cc(CNc3ccccc3F)c(=O)c21. The van der Waals surface area contributed by atoms with Gasteiger partial charge >= 0.3 is 0 Å². The molecule has 0 saturated carbocycles. The van der Waals surface area contributed by atoms with Crippen molar-refractivity contribution in [2.45, 2.75) is 25.8 Å². The predicted octanol–water partition coefficient (Wildman–Crippen LogP) is 2.65. The molecule has 0 aliphatic heterocycles. The summed E-state index contributed by atoms with van der Waals surface area (Å²) >= 11 is 0. The molecule has 2 N–H and O–H groups in total. The van der Waals surface area contributed by atoms with Crippen molar-refractivity contribution >= 4 is 11.5 Å². The van der Waals surface area contributed by atoms with E-state index in [0.29, 0.717) is 23.4 Å². The third kappa shape index (κ3) is 2.59. The molecular weight excluding hydrogens is 271 g/mol. The Labute approximate surface area is 121 Å². The van der Waals surface area contributed by atoms with Crippen molar-refractivity contribution in [2.75, 3.05) is 5.32 Å². The number of carbonyl (C=O) groups is 1. The number of H-pyrrole nitrogens is 1. The van der Waals surface area contributed by atoms with Gasteiger partial charge in [-0.25, -0.2) is 4.39 Å². The molecule has 0 saturated heterocycles. The number of benzene rings is 1. The van der Waals surface area contributed by atoms with Gasteiger partial charge in [-0.15, -0.1) is 0 Å². The molecule has 21 heavy (non-hydrogen) atoms. The quantitative estimate of drug-likeness (QED) is 0.911. The minimum atomic E-state index is -0.372. The third-order valence-corrected chi connectivity index (χ3v) is 3.69. The Bertz CT molecular complexity index is 752. The molecule has 0 fully saturated rings. The van der Waals surface area contributed by atoms with Gasteiger partial charge in [0.25, 0.3) is 0 Å². The number of ketones is 1. The van der Waals surface area contributed by atoms with Crippen LogP contribution in [0.3, 0.4) is 0 Å². The van der Waals surface area contributed by atoms with E-state index in [2.05, 4.69) is 10.3 Å². The molecule has 4 nitrogen and oxygen atoms in total. The molecule has 0 amide bonds. The molecule has 0 spiro atoms. The lowest BCUT2D eigenvalue weighted by molar-refractivity contribution is 0.0970. The molecular formula is C16H15FN2O2. The summed E-state index contributed by atoms with van der Waals surface area (Å²) in [6.07, 6.45) is 3.51. The fourth-order valence-corrected chi connectivity index (χ4v) is 2.58. The van der Waals surface area contributed by atoms with Gasteiger partial charge in [-0.2, -0.15) is 0 Å². The van der Waals surface area contributed by atoms with Crippen LogP contribution in [0.5, 0.6) is 0 Å². The van der Waals surface area contributed by atoms with Gasteiger partial charge in [0, 0.05) is 30.4 Å². The first-order chi connectivity index (χ1) is 10.2. The number of hydrogen-bond donors (Lipinski definition) is 2.